The lowest BCUT2D eigenvalue weighted by Crippen LogP contribution is -2.32. The molecule has 24 heavy (non-hydrogen) atoms. The van der Waals surface area contributed by atoms with Crippen molar-refractivity contribution < 1.29 is 13.3 Å². The zero-order valence-corrected chi connectivity index (χ0v) is 14.3. The van der Waals surface area contributed by atoms with Gasteiger partial charge in [-0.2, -0.15) is 4.31 Å². The lowest BCUT2D eigenvalue weighted by Gasteiger charge is -2.24. The van der Waals surface area contributed by atoms with Gasteiger partial charge >= 0.3 is 0 Å². The molecule has 128 valence electrons. The van der Waals surface area contributed by atoms with Crippen LogP contribution in [0.3, 0.4) is 0 Å². The van der Waals surface area contributed by atoms with Gasteiger partial charge in [0.05, 0.1) is 10.7 Å². The van der Waals surface area contributed by atoms with Gasteiger partial charge < -0.3 is 0 Å². The van der Waals surface area contributed by atoms with Crippen molar-refractivity contribution in [3.63, 3.8) is 0 Å². The molecule has 1 unspecified atom stereocenters. The minimum atomic E-state index is -3.45. The topological polar surface area (TPSA) is 93.4 Å². The van der Waals surface area contributed by atoms with Crippen LogP contribution in [-0.4, -0.2) is 35.4 Å². The lowest BCUT2D eigenvalue weighted by atomic mass is 10.1. The largest absolute Gasteiger partial charge is 0.269 e. The van der Waals surface area contributed by atoms with Gasteiger partial charge in [-0.3, -0.25) is 15.1 Å². The number of pyridine rings is 1. The highest BCUT2D eigenvalue weighted by atomic mass is 32.2. The van der Waals surface area contributed by atoms with Gasteiger partial charge in [0.1, 0.15) is 0 Å². The van der Waals surface area contributed by atoms with Crippen LogP contribution in [0.4, 0.5) is 5.69 Å². The number of nitrogens with zero attached hydrogens (tertiary/aromatic N) is 3. The molecule has 0 saturated heterocycles. The number of aromatic nitrogens is 1. The predicted molar refractivity (Wildman–Crippen MR) is 91.0 cm³/mol. The third-order valence-electron chi connectivity index (χ3n) is 3.97. The van der Waals surface area contributed by atoms with Crippen molar-refractivity contribution in [1.29, 1.82) is 0 Å². The van der Waals surface area contributed by atoms with E-state index in [9.17, 15) is 18.5 Å². The smallest absolute Gasteiger partial charge is 0.265 e. The minimum Gasteiger partial charge on any atom is -0.265 e. The summed E-state index contributed by atoms with van der Waals surface area (Å²) in [4.78, 5) is 14.1. The quantitative estimate of drug-likeness (QED) is 0.566. The number of benzene rings is 1. The fraction of sp³-hybridized carbons (Fsp3) is 0.312. The van der Waals surface area contributed by atoms with Gasteiger partial charge in [0.15, 0.2) is 0 Å². The van der Waals surface area contributed by atoms with Crippen molar-refractivity contribution in [2.45, 2.75) is 19.4 Å². The fourth-order valence-corrected chi connectivity index (χ4v) is 3.65. The molecule has 0 saturated carbocycles. The highest BCUT2D eigenvalue weighted by Crippen LogP contribution is 2.21. The molecule has 0 spiro atoms. The highest BCUT2D eigenvalue weighted by Gasteiger charge is 2.24. The van der Waals surface area contributed by atoms with Crippen LogP contribution in [0.25, 0.3) is 0 Å². The predicted octanol–water partition coefficient (Wildman–Crippen LogP) is 2.56. The molecule has 0 bridgehead atoms. The Balaban J connectivity index is 2.03. The van der Waals surface area contributed by atoms with Gasteiger partial charge in [0.25, 0.3) is 5.69 Å². The Kier molecular flexibility index (Phi) is 5.63. The second-order valence-corrected chi connectivity index (χ2v) is 7.61. The summed E-state index contributed by atoms with van der Waals surface area (Å²) in [5, 5.41) is 10.6. The van der Waals surface area contributed by atoms with Crippen molar-refractivity contribution in [3.8, 4) is 0 Å². The number of hydrogen-bond donors (Lipinski definition) is 0. The molecular formula is C16H19N3O4S. The Morgan fingerprint density at radius 2 is 1.75 bits per heavy atom. The van der Waals surface area contributed by atoms with E-state index < -0.39 is 14.9 Å². The van der Waals surface area contributed by atoms with E-state index in [1.807, 2.05) is 6.92 Å². The number of nitro groups is 1. The maximum absolute atomic E-state index is 12.5. The Bertz CT molecular complexity index is 792. The molecule has 1 atom stereocenters. The van der Waals surface area contributed by atoms with Gasteiger partial charge in [-0.15, -0.1) is 0 Å². The summed E-state index contributed by atoms with van der Waals surface area (Å²) in [5.74, 6) is -0.0588. The SMILES string of the molecule is CC(c1ccncc1)N(C)S(=O)(=O)CCc1ccc([N+](=O)[O-])cc1. The molecule has 0 N–H and O–H groups in total. The van der Waals surface area contributed by atoms with E-state index in [0.29, 0.717) is 6.42 Å². The molecule has 2 aromatic rings. The molecule has 8 heteroatoms. The Morgan fingerprint density at radius 1 is 1.17 bits per heavy atom. The van der Waals surface area contributed by atoms with E-state index in [4.69, 9.17) is 0 Å². The molecule has 0 aliphatic rings. The Morgan fingerprint density at radius 3 is 2.29 bits per heavy atom. The molecule has 0 aliphatic heterocycles. The normalized spacial score (nSPS) is 13.0. The Hall–Kier alpha value is -2.32. The van der Waals surface area contributed by atoms with E-state index >= 15 is 0 Å². The van der Waals surface area contributed by atoms with E-state index in [1.54, 1.807) is 43.7 Å². The highest BCUT2D eigenvalue weighted by molar-refractivity contribution is 7.89. The second kappa shape index (κ2) is 7.50. The summed E-state index contributed by atoms with van der Waals surface area (Å²) >= 11 is 0. The standard InChI is InChI=1S/C16H19N3O4S/c1-13(15-7-10-17-11-8-15)18(2)24(22,23)12-9-14-3-5-16(6-4-14)19(20)21/h3-8,10-11,13H,9,12H2,1-2H3. The number of non-ortho nitro benzene ring substituents is 1. The van der Waals surface area contributed by atoms with Crippen molar-refractivity contribution in [1.82, 2.24) is 9.29 Å². The van der Waals surface area contributed by atoms with Gasteiger partial charge in [-0.25, -0.2) is 8.42 Å². The average Bonchev–Trinajstić information content (AvgIpc) is 2.59. The third kappa shape index (κ3) is 4.36. The van der Waals surface area contributed by atoms with Gasteiger partial charge in [0, 0.05) is 37.6 Å². The minimum absolute atomic E-state index is 0.00923. The van der Waals surface area contributed by atoms with Crippen LogP contribution in [0.15, 0.2) is 48.8 Å². The lowest BCUT2D eigenvalue weighted by molar-refractivity contribution is -0.384. The molecule has 7 nitrogen and oxygen atoms in total. The van der Waals surface area contributed by atoms with E-state index in [1.165, 1.54) is 16.4 Å². The van der Waals surface area contributed by atoms with Crippen LogP contribution < -0.4 is 0 Å². The van der Waals surface area contributed by atoms with Crippen molar-refractivity contribution >= 4 is 15.7 Å². The average molecular weight is 349 g/mol. The van der Waals surface area contributed by atoms with Crippen LogP contribution in [-0.2, 0) is 16.4 Å². The van der Waals surface area contributed by atoms with Crippen LogP contribution in [0, 0.1) is 10.1 Å². The summed E-state index contributed by atoms with van der Waals surface area (Å²) < 4.78 is 26.3. The number of sulfonamides is 1. The van der Waals surface area contributed by atoms with Gasteiger partial charge in [-0.1, -0.05) is 12.1 Å². The molecule has 1 aromatic heterocycles. The van der Waals surface area contributed by atoms with Crippen LogP contribution in [0.1, 0.15) is 24.1 Å². The first-order valence-corrected chi connectivity index (χ1v) is 9.01. The molecule has 2 rings (SSSR count). The van der Waals surface area contributed by atoms with Gasteiger partial charge in [-0.05, 0) is 36.6 Å². The fourth-order valence-electron chi connectivity index (χ4n) is 2.27. The maximum Gasteiger partial charge on any atom is 0.269 e. The molecular weight excluding hydrogens is 330 g/mol. The Labute approximate surface area is 141 Å². The molecule has 0 radical (unpaired) electrons. The molecule has 0 fully saturated rings. The monoisotopic (exact) mass is 349 g/mol. The zero-order valence-electron chi connectivity index (χ0n) is 13.5. The number of nitro benzene ring substituents is 1. The van der Waals surface area contributed by atoms with Crippen molar-refractivity contribution in [2.24, 2.45) is 0 Å². The van der Waals surface area contributed by atoms with Crippen LogP contribution in [0.2, 0.25) is 0 Å². The first-order valence-electron chi connectivity index (χ1n) is 7.40. The van der Waals surface area contributed by atoms with Gasteiger partial charge in [0.2, 0.25) is 10.0 Å². The van der Waals surface area contributed by atoms with Crippen LogP contribution in [0.5, 0.6) is 0 Å². The molecule has 0 amide bonds. The maximum atomic E-state index is 12.5. The summed E-state index contributed by atoms with van der Waals surface area (Å²) in [7, 11) is -1.90. The summed E-state index contributed by atoms with van der Waals surface area (Å²) in [5.41, 5.74) is 1.60. The molecule has 0 aliphatic carbocycles. The number of hydrogen-bond acceptors (Lipinski definition) is 5. The summed E-state index contributed by atoms with van der Waals surface area (Å²) in [6, 6.07) is 9.20. The van der Waals surface area contributed by atoms with E-state index in [-0.39, 0.29) is 17.5 Å². The number of rotatable bonds is 7. The molecule has 1 aromatic carbocycles. The van der Waals surface area contributed by atoms with E-state index in [0.717, 1.165) is 11.1 Å². The third-order valence-corrected chi connectivity index (χ3v) is 5.88. The van der Waals surface area contributed by atoms with Crippen LogP contribution >= 0.6 is 0 Å². The number of aryl methyl sites for hydroxylation is 1. The zero-order chi connectivity index (χ0) is 17.7. The first-order chi connectivity index (χ1) is 11.3. The van der Waals surface area contributed by atoms with Crippen molar-refractivity contribution in [3.05, 3.63) is 70.0 Å². The molecule has 1 heterocycles. The van der Waals surface area contributed by atoms with Crippen molar-refractivity contribution in [2.75, 3.05) is 12.8 Å². The van der Waals surface area contributed by atoms with E-state index in [2.05, 4.69) is 4.98 Å². The summed E-state index contributed by atoms with van der Waals surface area (Å²) in [6.07, 6.45) is 3.56. The first kappa shape index (κ1) is 18.0. The summed E-state index contributed by atoms with van der Waals surface area (Å²) in [6.45, 7) is 1.82. The second-order valence-electron chi connectivity index (χ2n) is 5.46.